The Morgan fingerprint density at radius 2 is 1.96 bits per heavy atom. The molecular formula is C20H22BNO5. The second-order valence-corrected chi connectivity index (χ2v) is 6.87. The standard InChI is InChI=1S/C20H22BNO5/c1-13(2)18(20(24)26-11-14-6-4-3-5-7-14)22-19(23)15-8-9-16-12-27-21(25)17(16)10-15/h3-10,13,18,25H,11-12H2,1-2H3,(H,22,23)/t18-/m0/s1. The Kier molecular flexibility index (Phi) is 5.93. The lowest BCUT2D eigenvalue weighted by Crippen LogP contribution is -2.45. The number of ether oxygens (including phenoxy) is 1. The van der Waals surface area contributed by atoms with Crippen LogP contribution >= 0.6 is 0 Å². The van der Waals surface area contributed by atoms with Crippen molar-refractivity contribution in [2.24, 2.45) is 5.92 Å². The number of esters is 1. The Bertz CT molecular complexity index is 824. The van der Waals surface area contributed by atoms with Gasteiger partial charge in [-0.25, -0.2) is 4.79 Å². The van der Waals surface area contributed by atoms with Crippen LogP contribution in [0.5, 0.6) is 0 Å². The summed E-state index contributed by atoms with van der Waals surface area (Å²) >= 11 is 0. The molecule has 1 amide bonds. The van der Waals surface area contributed by atoms with E-state index in [1.54, 1.807) is 18.2 Å². The van der Waals surface area contributed by atoms with Gasteiger partial charge in [0.2, 0.25) is 0 Å². The molecule has 0 saturated heterocycles. The molecule has 0 spiro atoms. The zero-order valence-corrected chi connectivity index (χ0v) is 15.3. The normalized spacial score (nSPS) is 14.0. The molecule has 140 valence electrons. The molecule has 7 heteroatoms. The predicted molar refractivity (Wildman–Crippen MR) is 101 cm³/mol. The summed E-state index contributed by atoms with van der Waals surface area (Å²) in [6, 6.07) is 13.6. The Balaban J connectivity index is 1.66. The molecule has 1 atom stereocenters. The molecule has 27 heavy (non-hydrogen) atoms. The summed E-state index contributed by atoms with van der Waals surface area (Å²) in [5.41, 5.74) is 2.67. The third-order valence-electron chi connectivity index (χ3n) is 4.50. The van der Waals surface area contributed by atoms with Gasteiger partial charge in [-0.15, -0.1) is 0 Å². The molecule has 1 heterocycles. The summed E-state index contributed by atoms with van der Waals surface area (Å²) < 4.78 is 10.5. The topological polar surface area (TPSA) is 84.9 Å². The molecular weight excluding hydrogens is 345 g/mol. The Labute approximate surface area is 158 Å². The molecule has 2 aromatic carbocycles. The van der Waals surface area contributed by atoms with E-state index in [1.807, 2.05) is 44.2 Å². The average Bonchev–Trinajstić information content (AvgIpc) is 3.05. The number of nitrogens with one attached hydrogen (secondary N) is 1. The summed E-state index contributed by atoms with van der Waals surface area (Å²) in [5, 5.41) is 12.5. The first kappa shape index (κ1) is 19.1. The summed E-state index contributed by atoms with van der Waals surface area (Å²) in [7, 11) is -1.02. The van der Waals surface area contributed by atoms with E-state index in [0.29, 0.717) is 17.6 Å². The molecule has 0 radical (unpaired) electrons. The largest absolute Gasteiger partial charge is 0.491 e. The molecule has 1 aliphatic heterocycles. The van der Waals surface area contributed by atoms with Gasteiger partial charge in [-0.1, -0.05) is 50.2 Å². The number of fused-ring (bicyclic) bond motifs is 1. The quantitative estimate of drug-likeness (QED) is 0.596. The molecule has 2 N–H and O–H groups in total. The molecule has 0 unspecified atom stereocenters. The predicted octanol–water partition coefficient (Wildman–Crippen LogP) is 1.40. The van der Waals surface area contributed by atoms with E-state index in [4.69, 9.17) is 9.39 Å². The van der Waals surface area contributed by atoms with Gasteiger partial charge in [0.1, 0.15) is 12.6 Å². The molecule has 0 aliphatic carbocycles. The Morgan fingerprint density at radius 1 is 1.22 bits per heavy atom. The monoisotopic (exact) mass is 367 g/mol. The van der Waals surface area contributed by atoms with Gasteiger partial charge in [0.25, 0.3) is 5.91 Å². The van der Waals surface area contributed by atoms with Gasteiger partial charge in [-0.3, -0.25) is 4.79 Å². The van der Waals surface area contributed by atoms with Crippen molar-refractivity contribution < 1.29 is 24.0 Å². The van der Waals surface area contributed by atoms with Crippen LogP contribution in [0.15, 0.2) is 48.5 Å². The Morgan fingerprint density at radius 3 is 2.67 bits per heavy atom. The lowest BCUT2D eigenvalue weighted by atomic mass is 9.78. The van der Waals surface area contributed by atoms with Gasteiger partial charge in [-0.2, -0.15) is 0 Å². The van der Waals surface area contributed by atoms with Gasteiger partial charge in [-0.05, 0) is 34.6 Å². The average molecular weight is 367 g/mol. The van der Waals surface area contributed by atoms with Crippen LogP contribution in [-0.4, -0.2) is 30.1 Å². The van der Waals surface area contributed by atoms with Crippen molar-refractivity contribution in [3.05, 3.63) is 65.2 Å². The fourth-order valence-corrected chi connectivity index (χ4v) is 2.90. The molecule has 2 aromatic rings. The third kappa shape index (κ3) is 4.56. The second-order valence-electron chi connectivity index (χ2n) is 6.87. The van der Waals surface area contributed by atoms with Crippen molar-refractivity contribution in [1.29, 1.82) is 0 Å². The minimum atomic E-state index is -1.02. The highest BCUT2D eigenvalue weighted by Crippen LogP contribution is 2.13. The lowest BCUT2D eigenvalue weighted by molar-refractivity contribution is -0.148. The highest BCUT2D eigenvalue weighted by atomic mass is 16.5. The maximum atomic E-state index is 12.6. The van der Waals surface area contributed by atoms with Crippen LogP contribution < -0.4 is 10.8 Å². The van der Waals surface area contributed by atoms with E-state index in [2.05, 4.69) is 5.32 Å². The number of carbonyl (C=O) groups is 2. The van der Waals surface area contributed by atoms with Gasteiger partial charge in [0.05, 0.1) is 6.61 Å². The van der Waals surface area contributed by atoms with Crippen LogP contribution in [0, 0.1) is 5.92 Å². The van der Waals surface area contributed by atoms with Gasteiger partial charge >= 0.3 is 13.1 Å². The summed E-state index contributed by atoms with van der Waals surface area (Å²) in [4.78, 5) is 25.1. The summed E-state index contributed by atoms with van der Waals surface area (Å²) in [5.74, 6) is -1.01. The molecule has 6 nitrogen and oxygen atoms in total. The zero-order chi connectivity index (χ0) is 19.4. The van der Waals surface area contributed by atoms with E-state index in [9.17, 15) is 14.6 Å². The maximum absolute atomic E-state index is 12.6. The smallest absolute Gasteiger partial charge is 0.459 e. The van der Waals surface area contributed by atoms with E-state index in [-0.39, 0.29) is 12.5 Å². The van der Waals surface area contributed by atoms with Crippen LogP contribution in [0.2, 0.25) is 0 Å². The third-order valence-corrected chi connectivity index (χ3v) is 4.50. The Hall–Kier alpha value is -2.64. The highest BCUT2D eigenvalue weighted by molar-refractivity contribution is 6.61. The van der Waals surface area contributed by atoms with Crippen LogP contribution in [0.1, 0.15) is 35.3 Å². The maximum Gasteiger partial charge on any atom is 0.491 e. The molecule has 3 rings (SSSR count). The van der Waals surface area contributed by atoms with Crippen LogP contribution in [0.25, 0.3) is 0 Å². The van der Waals surface area contributed by atoms with E-state index in [1.165, 1.54) is 0 Å². The van der Waals surface area contributed by atoms with Crippen molar-refractivity contribution >= 4 is 24.5 Å². The molecule has 0 aromatic heterocycles. The number of hydrogen-bond donors (Lipinski definition) is 2. The first-order chi connectivity index (χ1) is 13.0. The first-order valence-corrected chi connectivity index (χ1v) is 8.89. The summed E-state index contributed by atoms with van der Waals surface area (Å²) in [6.45, 7) is 4.16. The molecule has 0 bridgehead atoms. The van der Waals surface area contributed by atoms with Crippen molar-refractivity contribution in [2.45, 2.75) is 33.1 Å². The minimum absolute atomic E-state index is 0.138. The van der Waals surface area contributed by atoms with Crippen LogP contribution in [0.4, 0.5) is 0 Å². The van der Waals surface area contributed by atoms with E-state index < -0.39 is 25.0 Å². The number of benzene rings is 2. The van der Waals surface area contributed by atoms with E-state index in [0.717, 1.165) is 11.1 Å². The van der Waals surface area contributed by atoms with Crippen LogP contribution in [0.3, 0.4) is 0 Å². The van der Waals surface area contributed by atoms with Gasteiger partial charge in [0.15, 0.2) is 0 Å². The van der Waals surface area contributed by atoms with Crippen molar-refractivity contribution in [3.63, 3.8) is 0 Å². The zero-order valence-electron chi connectivity index (χ0n) is 15.3. The van der Waals surface area contributed by atoms with E-state index >= 15 is 0 Å². The second kappa shape index (κ2) is 8.37. The fraction of sp³-hybridized carbons (Fsp3) is 0.300. The first-order valence-electron chi connectivity index (χ1n) is 8.89. The van der Waals surface area contributed by atoms with Crippen molar-refractivity contribution in [3.8, 4) is 0 Å². The van der Waals surface area contributed by atoms with Crippen molar-refractivity contribution in [2.75, 3.05) is 0 Å². The van der Waals surface area contributed by atoms with Crippen molar-refractivity contribution in [1.82, 2.24) is 5.32 Å². The molecule has 0 saturated carbocycles. The SMILES string of the molecule is CC(C)[C@H](NC(=O)c1ccc2c(c1)B(O)OC2)C(=O)OCc1ccccc1. The number of hydrogen-bond acceptors (Lipinski definition) is 5. The van der Waals surface area contributed by atoms with Gasteiger partial charge in [0, 0.05) is 5.56 Å². The molecule has 1 aliphatic rings. The van der Waals surface area contributed by atoms with Gasteiger partial charge < -0.3 is 19.7 Å². The fourth-order valence-electron chi connectivity index (χ4n) is 2.90. The molecule has 0 fully saturated rings. The van der Waals surface area contributed by atoms with Crippen LogP contribution in [-0.2, 0) is 27.4 Å². The number of amides is 1. The number of carbonyl (C=O) groups excluding carboxylic acids is 2. The minimum Gasteiger partial charge on any atom is -0.459 e. The summed E-state index contributed by atoms with van der Waals surface area (Å²) in [6.07, 6.45) is 0. The highest BCUT2D eigenvalue weighted by Gasteiger charge is 2.30. The lowest BCUT2D eigenvalue weighted by Gasteiger charge is -2.21. The number of rotatable bonds is 6.